The number of hydrogen-bond donors (Lipinski definition) is 0. The second-order valence-electron chi connectivity index (χ2n) is 27.1. The number of Topliss-reactive ketones (excluding diaryl/α,β-unsaturated/α-hetero) is 2. The first-order valence-electron chi connectivity index (χ1n) is 33.0. The predicted octanol–water partition coefficient (Wildman–Crippen LogP) is 22.0. The van der Waals surface area contributed by atoms with Gasteiger partial charge in [-0.1, -0.05) is 147 Å². The van der Waals surface area contributed by atoms with Crippen LogP contribution in [0.15, 0.2) is 180 Å². The van der Waals surface area contributed by atoms with Crippen LogP contribution in [0.25, 0.3) is 63.7 Å². The van der Waals surface area contributed by atoms with Crippen LogP contribution < -0.4 is 9.47 Å². The molecule has 11 aromatic rings. The van der Waals surface area contributed by atoms with Crippen molar-refractivity contribution in [2.75, 3.05) is 13.2 Å². The van der Waals surface area contributed by atoms with E-state index in [1.54, 1.807) is 34.8 Å². The minimum absolute atomic E-state index is 0.0363. The van der Waals surface area contributed by atoms with Crippen molar-refractivity contribution in [3.8, 4) is 76.2 Å². The Hall–Kier alpha value is -11.1. The molecule has 15 rings (SSSR count). The van der Waals surface area contributed by atoms with Crippen molar-refractivity contribution in [2.45, 2.75) is 66.2 Å². The minimum atomic E-state index is -1.23. The third-order valence-electron chi connectivity index (χ3n) is 19.4. The lowest BCUT2D eigenvalue weighted by Crippen LogP contribution is -2.30. The van der Waals surface area contributed by atoms with Gasteiger partial charge in [0.1, 0.15) is 46.9 Å². The molecule has 0 spiro atoms. The number of fused-ring (bicyclic) bond motifs is 8. The van der Waals surface area contributed by atoms with Crippen LogP contribution in [0.2, 0.25) is 0 Å². The quantitative estimate of drug-likeness (QED) is 0.0594. The highest BCUT2D eigenvalue weighted by Gasteiger charge is 2.53. The number of thiophene rings is 4. The van der Waals surface area contributed by atoms with Crippen molar-refractivity contribution in [3.05, 3.63) is 302 Å². The zero-order valence-corrected chi connectivity index (χ0v) is 59.6. The van der Waals surface area contributed by atoms with E-state index in [1.807, 2.05) is 36.4 Å². The Morgan fingerprint density at radius 3 is 1.00 bits per heavy atom. The lowest BCUT2D eigenvalue weighted by atomic mass is 9.65. The normalized spacial score (nSPS) is 14.9. The Morgan fingerprint density at radius 2 is 0.706 bits per heavy atom. The maximum atomic E-state index is 15.0. The Bertz CT molecular complexity index is 5290. The number of ether oxygens (including phenoxy) is 2. The molecule has 0 fully saturated rings. The summed E-state index contributed by atoms with van der Waals surface area (Å²) in [6.07, 6.45) is 3.16. The summed E-state index contributed by atoms with van der Waals surface area (Å²) in [4.78, 5) is 35.2. The lowest BCUT2D eigenvalue weighted by Gasteiger charge is -2.35. The van der Waals surface area contributed by atoms with E-state index in [4.69, 9.17) is 9.47 Å². The third kappa shape index (κ3) is 10.6. The van der Waals surface area contributed by atoms with E-state index in [1.165, 1.54) is 22.7 Å². The largest absolute Gasteiger partial charge is 0.492 e. The molecule has 4 heterocycles. The van der Waals surface area contributed by atoms with E-state index in [2.05, 4.69) is 177 Å². The monoisotopic (exact) mass is 1410 g/mol. The third-order valence-corrected chi connectivity index (χ3v) is 24.2. The summed E-state index contributed by atoms with van der Waals surface area (Å²) in [5.41, 5.74) is 11.3. The molecule has 0 saturated heterocycles. The summed E-state index contributed by atoms with van der Waals surface area (Å²) in [5.74, 6) is -4.89. The van der Waals surface area contributed by atoms with Crippen molar-refractivity contribution in [3.63, 3.8) is 0 Å². The van der Waals surface area contributed by atoms with E-state index in [9.17, 15) is 39.4 Å². The maximum absolute atomic E-state index is 15.0. The topological polar surface area (TPSA) is 148 Å². The molecule has 0 aliphatic heterocycles. The molecule has 4 aromatic heterocycles. The van der Waals surface area contributed by atoms with Crippen LogP contribution in [-0.4, -0.2) is 24.8 Å². The fourth-order valence-corrected chi connectivity index (χ4v) is 19.5. The van der Waals surface area contributed by atoms with Gasteiger partial charge in [-0.15, -0.1) is 45.3 Å². The summed E-state index contributed by atoms with van der Waals surface area (Å²) in [6.45, 7) is 17.2. The number of ketones is 2. The number of aryl methyl sites for hydroxylation is 4. The highest BCUT2D eigenvalue weighted by atomic mass is 32.1. The smallest absolute Gasteiger partial charge is 0.194 e. The van der Waals surface area contributed by atoms with E-state index in [0.29, 0.717) is 34.5 Å². The van der Waals surface area contributed by atoms with Crippen molar-refractivity contribution in [2.24, 2.45) is 11.8 Å². The van der Waals surface area contributed by atoms with Crippen molar-refractivity contribution in [1.82, 2.24) is 0 Å². The molecule has 0 saturated carbocycles. The van der Waals surface area contributed by atoms with E-state index in [0.717, 1.165) is 131 Å². The molecule has 8 nitrogen and oxygen atoms in total. The fourth-order valence-electron chi connectivity index (χ4n) is 14.7. The number of benzene rings is 7. The van der Waals surface area contributed by atoms with Crippen LogP contribution in [0.4, 0.5) is 17.6 Å². The van der Waals surface area contributed by atoms with Gasteiger partial charge in [0.25, 0.3) is 0 Å². The van der Waals surface area contributed by atoms with Gasteiger partial charge in [-0.3, -0.25) is 9.59 Å². The van der Waals surface area contributed by atoms with Gasteiger partial charge in [-0.2, -0.15) is 21.0 Å². The number of hydrogen-bond acceptors (Lipinski definition) is 12. The SMILES string of the molecule is Cc1ccc(C2(c3ccc(C)cc3)c3cc4c(cc3-c3sc(-c5sc(/C=C6\C(=O)c7cc(F)c(F)cc7C6=C(C#N)C#N)cc5OCC(C)C)cc32)C(c2ccc(C)cc2)(c2ccc(C)cc2)c2cc(-c3sc(/C=C5\C(=O)c6cc(F)c(F)cc6C5=C(C#N)C#N)cc3OCC(C)C)sc2-4)cc1. The summed E-state index contributed by atoms with van der Waals surface area (Å²) < 4.78 is 73.4. The summed E-state index contributed by atoms with van der Waals surface area (Å²) in [7, 11) is 0. The molecule has 7 aromatic carbocycles. The molecular weight excluding hydrogens is 1360 g/mol. The lowest BCUT2D eigenvalue weighted by molar-refractivity contribution is 0.103. The second kappa shape index (κ2) is 25.5. The van der Waals surface area contributed by atoms with Gasteiger partial charge in [0.2, 0.25) is 0 Å². The summed E-state index contributed by atoms with van der Waals surface area (Å²) in [5, 5.41) is 41.0. The highest BCUT2D eigenvalue weighted by Crippen LogP contribution is 2.67. The van der Waals surface area contributed by atoms with Crippen LogP contribution in [0.3, 0.4) is 0 Å². The van der Waals surface area contributed by atoms with Crippen molar-refractivity contribution >= 4 is 80.2 Å². The predicted molar refractivity (Wildman–Crippen MR) is 397 cm³/mol. The number of nitriles is 4. The average molecular weight is 1420 g/mol. The number of nitrogens with zero attached hydrogens (tertiary/aromatic N) is 4. The first-order valence-corrected chi connectivity index (χ1v) is 36.3. The number of halogens is 4. The summed E-state index contributed by atoms with van der Waals surface area (Å²) in [6, 6.07) is 58.9. The molecule has 4 aliphatic rings. The van der Waals surface area contributed by atoms with Gasteiger partial charge in [-0.25, -0.2) is 17.6 Å². The molecule has 0 unspecified atom stereocenters. The molecule has 0 amide bonds. The zero-order valence-electron chi connectivity index (χ0n) is 56.3. The second-order valence-corrected chi connectivity index (χ2v) is 31.3. The summed E-state index contributed by atoms with van der Waals surface area (Å²) >= 11 is 6.02. The standard InChI is InChI=1S/C86H58F4N4O4S4/c1-43(2)41-97-73-27-55(25-63-77(49(37-91)38-92)57-31-69(87)71(89)33-59(57)79(63)95)99-83(73)75-35-67-81(101-75)61-29-66-62(30-65(61)85(67,51-17-9-45(5)10-18-51)52-19-11-46(6)12-20-52)82-68(86(66,53-21-13-47(7)14-22-53)54-23-15-48(8)16-24-54)36-76(102-82)84-74(98-42-44(3)4)28-56(100-84)26-64-78(50(39-93)40-94)58-32-70(88)72(90)34-60(58)80(64)96/h9-36,43-44H,41-42H2,1-8H3/b63-25-,64-26-. The molecule has 498 valence electrons. The van der Waals surface area contributed by atoms with Crippen LogP contribution in [0, 0.1) is 108 Å². The van der Waals surface area contributed by atoms with Crippen LogP contribution in [0.1, 0.15) is 136 Å². The highest BCUT2D eigenvalue weighted by molar-refractivity contribution is 7.25. The molecular formula is C86H58F4N4O4S4. The van der Waals surface area contributed by atoms with Gasteiger partial charge in [-0.05, 0) is 179 Å². The molecule has 0 radical (unpaired) electrons. The van der Waals surface area contributed by atoms with Gasteiger partial charge >= 0.3 is 0 Å². The van der Waals surface area contributed by atoms with Crippen molar-refractivity contribution in [1.29, 1.82) is 21.0 Å². The van der Waals surface area contributed by atoms with E-state index >= 15 is 8.78 Å². The Morgan fingerprint density at radius 1 is 0.402 bits per heavy atom. The van der Waals surface area contributed by atoms with Crippen LogP contribution >= 0.6 is 45.3 Å². The first kappa shape index (κ1) is 66.8. The van der Waals surface area contributed by atoms with E-state index < -0.39 is 56.8 Å². The van der Waals surface area contributed by atoms with Crippen molar-refractivity contribution < 1.29 is 36.6 Å². The maximum Gasteiger partial charge on any atom is 0.194 e. The first-order chi connectivity index (χ1) is 49.1. The van der Waals surface area contributed by atoms with Gasteiger partial charge < -0.3 is 9.47 Å². The molecule has 102 heavy (non-hydrogen) atoms. The Kier molecular flexibility index (Phi) is 16.7. The van der Waals surface area contributed by atoms with Crippen LogP contribution in [0.5, 0.6) is 11.5 Å². The number of rotatable bonds is 14. The van der Waals surface area contributed by atoms with Gasteiger partial charge in [0, 0.05) is 62.7 Å². The molecule has 0 N–H and O–H groups in total. The number of carbonyl (C=O) groups is 2. The fraction of sp³-hybridized carbons (Fsp3) is 0.163. The van der Waals surface area contributed by atoms with Gasteiger partial charge in [0.15, 0.2) is 34.8 Å². The minimum Gasteiger partial charge on any atom is -0.492 e. The van der Waals surface area contributed by atoms with E-state index in [-0.39, 0.29) is 56.4 Å². The molecule has 0 bridgehead atoms. The van der Waals surface area contributed by atoms with Crippen LogP contribution in [-0.2, 0) is 10.8 Å². The molecule has 0 atom stereocenters. The number of allylic oxidation sites excluding steroid dienone is 6. The molecule has 4 aliphatic carbocycles. The van der Waals surface area contributed by atoms with Gasteiger partial charge in [0.05, 0.1) is 33.8 Å². The number of carbonyl (C=O) groups excluding carboxylic acids is 2. The zero-order chi connectivity index (χ0) is 71.5. The Balaban J connectivity index is 0.989. The average Bonchev–Trinajstić information content (AvgIpc) is 1.50. The Labute approximate surface area is 603 Å². The molecule has 16 heteroatoms.